The maximum atomic E-state index is 8.61. The van der Waals surface area contributed by atoms with Crippen LogP contribution in [0.3, 0.4) is 0 Å². The van der Waals surface area contributed by atoms with Crippen molar-refractivity contribution in [2.75, 3.05) is 0 Å². The first-order valence-electron chi connectivity index (χ1n) is 2.77. The molecular formula is C6H11BO2. The second kappa shape index (κ2) is 3.48. The van der Waals surface area contributed by atoms with Crippen LogP contribution in [0.2, 0.25) is 0 Å². The molecule has 0 spiro atoms. The molecule has 2 nitrogen and oxygen atoms in total. The van der Waals surface area contributed by atoms with Crippen molar-refractivity contribution in [1.29, 1.82) is 0 Å². The van der Waals surface area contributed by atoms with Gasteiger partial charge < -0.3 is 10.0 Å². The Morgan fingerprint density at radius 3 is 2.00 bits per heavy atom. The Morgan fingerprint density at radius 2 is 2.00 bits per heavy atom. The minimum absolute atomic E-state index is 0.481. The van der Waals surface area contributed by atoms with E-state index in [9.17, 15) is 0 Å². The molecule has 0 amide bonds. The summed E-state index contributed by atoms with van der Waals surface area (Å²) in [6.45, 7) is 7.03. The Bertz CT molecular complexity index is 138. The summed E-state index contributed by atoms with van der Waals surface area (Å²) < 4.78 is 0. The predicted octanol–water partition coefficient (Wildman–Crippen LogP) is 0.521. The van der Waals surface area contributed by atoms with Crippen LogP contribution in [0.5, 0.6) is 0 Å². The highest BCUT2D eigenvalue weighted by Crippen LogP contribution is 2.06. The van der Waals surface area contributed by atoms with E-state index in [-0.39, 0.29) is 0 Å². The lowest BCUT2D eigenvalue weighted by Gasteiger charge is -2.01. The lowest BCUT2D eigenvalue weighted by molar-refractivity contribution is 0.420. The molecule has 0 aliphatic carbocycles. The smallest absolute Gasteiger partial charge is 0.423 e. The van der Waals surface area contributed by atoms with Gasteiger partial charge in [0, 0.05) is 0 Å². The van der Waals surface area contributed by atoms with Gasteiger partial charge in [-0.3, -0.25) is 0 Å². The summed E-state index contributed by atoms with van der Waals surface area (Å²) in [4.78, 5) is 0. The van der Waals surface area contributed by atoms with Gasteiger partial charge in [0.2, 0.25) is 0 Å². The highest BCUT2D eigenvalue weighted by molar-refractivity contribution is 6.52. The first-order chi connectivity index (χ1) is 4.09. The second-order valence-electron chi connectivity index (χ2n) is 1.90. The molecule has 0 radical (unpaired) electrons. The van der Waals surface area contributed by atoms with Gasteiger partial charge in [-0.2, -0.15) is 0 Å². The number of hydrogen-bond acceptors (Lipinski definition) is 2. The molecule has 3 heteroatoms. The molecule has 0 aliphatic heterocycles. The van der Waals surface area contributed by atoms with Crippen LogP contribution in [0, 0.1) is 0 Å². The normalized spacial score (nSPS) is 11.3. The maximum Gasteiger partial charge on any atom is 0.488 e. The molecule has 0 aliphatic rings. The summed E-state index contributed by atoms with van der Waals surface area (Å²) in [5.41, 5.74) is 1.17. The van der Waals surface area contributed by atoms with E-state index in [0.717, 1.165) is 0 Å². The number of allylic oxidation sites excluding steroid dienone is 3. The van der Waals surface area contributed by atoms with Crippen molar-refractivity contribution in [3.63, 3.8) is 0 Å². The first-order valence-corrected chi connectivity index (χ1v) is 2.77. The average molecular weight is 126 g/mol. The third kappa shape index (κ3) is 2.49. The van der Waals surface area contributed by atoms with Crippen molar-refractivity contribution >= 4 is 7.12 Å². The first kappa shape index (κ1) is 8.46. The van der Waals surface area contributed by atoms with E-state index < -0.39 is 7.12 Å². The van der Waals surface area contributed by atoms with Crippen molar-refractivity contribution in [1.82, 2.24) is 0 Å². The standard InChI is InChI=1S/C6H11BO2/c1-4-6(5(2)3)7(8)9/h4,8-9H,2H2,1,3H3/b6-4+. The minimum atomic E-state index is -1.38. The van der Waals surface area contributed by atoms with Crippen molar-refractivity contribution in [2.45, 2.75) is 13.8 Å². The Labute approximate surface area is 55.7 Å². The third-order valence-electron chi connectivity index (χ3n) is 1.08. The second-order valence-corrected chi connectivity index (χ2v) is 1.90. The molecule has 0 saturated heterocycles. The van der Waals surface area contributed by atoms with Crippen LogP contribution in [0.1, 0.15) is 13.8 Å². The topological polar surface area (TPSA) is 40.5 Å². The fourth-order valence-corrected chi connectivity index (χ4v) is 0.616. The largest absolute Gasteiger partial charge is 0.488 e. The quantitative estimate of drug-likeness (QED) is 0.418. The van der Waals surface area contributed by atoms with Crippen molar-refractivity contribution in [3.8, 4) is 0 Å². The van der Waals surface area contributed by atoms with Crippen LogP contribution in [0.15, 0.2) is 23.7 Å². The third-order valence-corrected chi connectivity index (χ3v) is 1.08. The van der Waals surface area contributed by atoms with E-state index in [1.54, 1.807) is 19.9 Å². The molecule has 0 bridgehead atoms. The number of rotatable bonds is 2. The molecule has 0 aromatic heterocycles. The highest BCUT2D eigenvalue weighted by Gasteiger charge is 2.12. The molecule has 50 valence electrons. The maximum absolute atomic E-state index is 8.61. The van der Waals surface area contributed by atoms with Crippen molar-refractivity contribution in [2.24, 2.45) is 0 Å². The molecular weight excluding hydrogens is 115 g/mol. The van der Waals surface area contributed by atoms with Gasteiger partial charge in [0.15, 0.2) is 0 Å². The van der Waals surface area contributed by atoms with Gasteiger partial charge in [0.1, 0.15) is 0 Å². The molecule has 0 aromatic rings. The summed E-state index contributed by atoms with van der Waals surface area (Å²) in [5, 5.41) is 17.2. The van der Waals surface area contributed by atoms with Gasteiger partial charge in [-0.15, -0.1) is 0 Å². The van der Waals surface area contributed by atoms with E-state index >= 15 is 0 Å². The monoisotopic (exact) mass is 126 g/mol. The van der Waals surface area contributed by atoms with Crippen molar-refractivity contribution < 1.29 is 10.0 Å². The molecule has 0 heterocycles. The Morgan fingerprint density at radius 1 is 1.56 bits per heavy atom. The fourth-order valence-electron chi connectivity index (χ4n) is 0.616. The van der Waals surface area contributed by atoms with Gasteiger partial charge in [-0.25, -0.2) is 0 Å². The van der Waals surface area contributed by atoms with Gasteiger partial charge in [0.25, 0.3) is 0 Å². The summed E-state index contributed by atoms with van der Waals surface area (Å²) in [6, 6.07) is 0. The number of hydrogen-bond donors (Lipinski definition) is 2. The Kier molecular flexibility index (Phi) is 3.28. The van der Waals surface area contributed by atoms with Gasteiger partial charge in [0.05, 0.1) is 0 Å². The van der Waals surface area contributed by atoms with Crippen LogP contribution < -0.4 is 0 Å². The average Bonchev–Trinajstić information content (AvgIpc) is 1.64. The Hall–Kier alpha value is -0.535. The molecule has 2 N–H and O–H groups in total. The zero-order valence-corrected chi connectivity index (χ0v) is 5.76. The van der Waals surface area contributed by atoms with Gasteiger partial charge in [-0.05, 0) is 19.3 Å². The van der Waals surface area contributed by atoms with Gasteiger partial charge in [-0.1, -0.05) is 18.2 Å². The van der Waals surface area contributed by atoms with E-state index in [1.807, 2.05) is 0 Å². The lowest BCUT2D eigenvalue weighted by atomic mass is 9.75. The lowest BCUT2D eigenvalue weighted by Crippen LogP contribution is -2.15. The van der Waals surface area contributed by atoms with Crippen LogP contribution in [0.25, 0.3) is 0 Å². The van der Waals surface area contributed by atoms with Gasteiger partial charge >= 0.3 is 7.12 Å². The highest BCUT2D eigenvalue weighted by atomic mass is 16.4. The molecule has 0 aromatic carbocycles. The molecule has 0 unspecified atom stereocenters. The van der Waals surface area contributed by atoms with Crippen LogP contribution in [0.4, 0.5) is 0 Å². The molecule has 0 fully saturated rings. The van der Waals surface area contributed by atoms with E-state index in [2.05, 4.69) is 6.58 Å². The molecule has 0 saturated carbocycles. The summed E-state index contributed by atoms with van der Waals surface area (Å²) >= 11 is 0. The van der Waals surface area contributed by atoms with Crippen LogP contribution in [-0.2, 0) is 0 Å². The van der Waals surface area contributed by atoms with E-state index in [1.165, 1.54) is 0 Å². The predicted molar refractivity (Wildman–Crippen MR) is 38.8 cm³/mol. The molecule has 9 heavy (non-hydrogen) atoms. The Balaban J connectivity index is 4.19. The van der Waals surface area contributed by atoms with Crippen molar-refractivity contribution in [3.05, 3.63) is 23.7 Å². The summed E-state index contributed by atoms with van der Waals surface area (Å²) in [7, 11) is -1.38. The zero-order valence-electron chi connectivity index (χ0n) is 5.76. The van der Waals surface area contributed by atoms with E-state index in [0.29, 0.717) is 11.0 Å². The summed E-state index contributed by atoms with van der Waals surface area (Å²) in [5.74, 6) is 0. The van der Waals surface area contributed by atoms with Crippen LogP contribution in [-0.4, -0.2) is 17.2 Å². The fraction of sp³-hybridized carbons (Fsp3) is 0.333. The summed E-state index contributed by atoms with van der Waals surface area (Å²) in [6.07, 6.45) is 1.63. The minimum Gasteiger partial charge on any atom is -0.423 e. The van der Waals surface area contributed by atoms with Crippen LogP contribution >= 0.6 is 0 Å². The SMILES string of the molecule is C=C(C)/C(=C\C)B(O)O. The molecule has 0 rings (SSSR count). The zero-order chi connectivity index (χ0) is 7.44. The molecule has 0 atom stereocenters. The van der Waals surface area contributed by atoms with E-state index in [4.69, 9.17) is 10.0 Å².